The smallest absolute Gasteiger partial charge is 0.261 e. The van der Waals surface area contributed by atoms with Gasteiger partial charge in [0.1, 0.15) is 18.0 Å². The van der Waals surface area contributed by atoms with Crippen molar-refractivity contribution < 1.29 is 9.53 Å². The number of rotatable bonds is 5. The van der Waals surface area contributed by atoms with E-state index in [1.54, 1.807) is 42.5 Å². The second kappa shape index (κ2) is 8.39. The molecular formula is C23H18ClN3O3. The van der Waals surface area contributed by atoms with Crippen LogP contribution < -0.4 is 15.6 Å². The van der Waals surface area contributed by atoms with Gasteiger partial charge < -0.3 is 10.1 Å². The number of nitrogens with one attached hydrogen (secondary N) is 1. The van der Waals surface area contributed by atoms with Crippen LogP contribution in [0.25, 0.3) is 10.9 Å². The third-order valence-corrected chi connectivity index (χ3v) is 4.73. The van der Waals surface area contributed by atoms with Crippen LogP contribution >= 0.6 is 11.6 Å². The van der Waals surface area contributed by atoms with Gasteiger partial charge in [0.25, 0.3) is 5.56 Å². The third kappa shape index (κ3) is 4.50. The second-order valence-corrected chi connectivity index (χ2v) is 7.26. The lowest BCUT2D eigenvalue weighted by Crippen LogP contribution is -2.27. The van der Waals surface area contributed by atoms with E-state index < -0.39 is 0 Å². The van der Waals surface area contributed by atoms with Crippen LogP contribution in [0.2, 0.25) is 5.02 Å². The summed E-state index contributed by atoms with van der Waals surface area (Å²) < 4.78 is 7.04. The highest BCUT2D eigenvalue weighted by molar-refractivity contribution is 6.31. The molecule has 0 unspecified atom stereocenters. The number of anilines is 1. The van der Waals surface area contributed by atoms with Crippen molar-refractivity contribution >= 4 is 34.1 Å². The van der Waals surface area contributed by atoms with E-state index in [-0.39, 0.29) is 18.0 Å². The van der Waals surface area contributed by atoms with Gasteiger partial charge in [0.05, 0.1) is 17.2 Å². The molecule has 4 aromatic rings. The molecule has 0 aliphatic carbocycles. The number of halogens is 1. The summed E-state index contributed by atoms with van der Waals surface area (Å²) in [6.07, 6.45) is 1.35. The molecule has 6 nitrogen and oxygen atoms in total. The Bertz CT molecular complexity index is 1270. The fourth-order valence-corrected chi connectivity index (χ4v) is 3.11. The van der Waals surface area contributed by atoms with Crippen LogP contribution in [0.5, 0.6) is 11.5 Å². The molecule has 1 amide bonds. The van der Waals surface area contributed by atoms with Crippen molar-refractivity contribution in [2.45, 2.75) is 13.5 Å². The average molecular weight is 420 g/mol. The number of nitrogens with zero attached hydrogens (tertiary/aromatic N) is 2. The zero-order valence-corrected chi connectivity index (χ0v) is 16.9. The van der Waals surface area contributed by atoms with Crippen molar-refractivity contribution in [3.8, 4) is 11.5 Å². The Hall–Kier alpha value is -3.64. The minimum absolute atomic E-state index is 0.147. The van der Waals surface area contributed by atoms with Crippen molar-refractivity contribution in [2.75, 3.05) is 5.32 Å². The molecule has 1 heterocycles. The summed E-state index contributed by atoms with van der Waals surface area (Å²) in [5.74, 6) is 1.06. The van der Waals surface area contributed by atoms with Crippen LogP contribution in [0, 0.1) is 6.92 Å². The van der Waals surface area contributed by atoms with E-state index in [4.69, 9.17) is 16.3 Å². The lowest BCUT2D eigenvalue weighted by molar-refractivity contribution is -0.116. The van der Waals surface area contributed by atoms with E-state index in [0.29, 0.717) is 27.4 Å². The number of ether oxygens (including phenoxy) is 1. The minimum atomic E-state index is -0.334. The van der Waals surface area contributed by atoms with E-state index in [0.717, 1.165) is 11.3 Å². The van der Waals surface area contributed by atoms with Gasteiger partial charge in [0, 0.05) is 10.7 Å². The number of benzene rings is 3. The first-order chi connectivity index (χ1) is 14.5. The number of hydrogen-bond donors (Lipinski definition) is 1. The fourth-order valence-electron chi connectivity index (χ4n) is 2.95. The van der Waals surface area contributed by atoms with E-state index in [1.807, 2.05) is 31.2 Å². The molecule has 1 aromatic heterocycles. The molecule has 30 heavy (non-hydrogen) atoms. The predicted octanol–water partition coefficient (Wildman–Crippen LogP) is 4.79. The Morgan fingerprint density at radius 3 is 2.40 bits per heavy atom. The summed E-state index contributed by atoms with van der Waals surface area (Å²) in [5.41, 5.74) is 1.96. The molecule has 0 aliphatic heterocycles. The molecule has 0 aliphatic rings. The van der Waals surface area contributed by atoms with Crippen LogP contribution in [0.4, 0.5) is 5.69 Å². The van der Waals surface area contributed by atoms with E-state index in [2.05, 4.69) is 10.3 Å². The molecule has 1 N–H and O–H groups in total. The topological polar surface area (TPSA) is 73.2 Å². The van der Waals surface area contributed by atoms with E-state index in [1.165, 1.54) is 10.9 Å². The monoisotopic (exact) mass is 419 g/mol. The molecule has 0 atom stereocenters. The zero-order valence-electron chi connectivity index (χ0n) is 16.1. The fraction of sp³-hybridized carbons (Fsp3) is 0.0870. The Kier molecular flexibility index (Phi) is 5.50. The molecule has 150 valence electrons. The van der Waals surface area contributed by atoms with E-state index >= 15 is 0 Å². The Balaban J connectivity index is 1.42. The van der Waals surface area contributed by atoms with Gasteiger partial charge in [-0.25, -0.2) is 4.98 Å². The van der Waals surface area contributed by atoms with Gasteiger partial charge in [-0.1, -0.05) is 29.3 Å². The largest absolute Gasteiger partial charge is 0.457 e. The highest BCUT2D eigenvalue weighted by Gasteiger charge is 2.09. The third-order valence-electron chi connectivity index (χ3n) is 4.50. The van der Waals surface area contributed by atoms with Gasteiger partial charge in [0.15, 0.2) is 0 Å². The highest BCUT2D eigenvalue weighted by Crippen LogP contribution is 2.23. The van der Waals surface area contributed by atoms with Crippen LogP contribution in [-0.4, -0.2) is 15.5 Å². The van der Waals surface area contributed by atoms with Crippen LogP contribution in [-0.2, 0) is 11.3 Å². The Morgan fingerprint density at radius 2 is 1.70 bits per heavy atom. The van der Waals surface area contributed by atoms with Gasteiger partial charge in [-0.2, -0.15) is 0 Å². The lowest BCUT2D eigenvalue weighted by atomic mass is 10.2. The minimum Gasteiger partial charge on any atom is -0.457 e. The first-order valence-corrected chi connectivity index (χ1v) is 9.65. The van der Waals surface area contributed by atoms with E-state index in [9.17, 15) is 9.59 Å². The van der Waals surface area contributed by atoms with Crippen molar-refractivity contribution in [1.29, 1.82) is 0 Å². The van der Waals surface area contributed by atoms with Gasteiger partial charge >= 0.3 is 0 Å². The molecule has 3 aromatic carbocycles. The van der Waals surface area contributed by atoms with Crippen LogP contribution in [0.15, 0.2) is 77.9 Å². The quantitative estimate of drug-likeness (QED) is 0.504. The molecule has 0 saturated carbocycles. The SMILES string of the molecule is Cc1ccc(Oc2ccc(NC(=O)Cn3cnc4cc(Cl)ccc4c3=O)cc2)cc1. The molecule has 0 radical (unpaired) electrons. The van der Waals surface area contributed by atoms with Crippen LogP contribution in [0.3, 0.4) is 0 Å². The maximum atomic E-state index is 12.6. The maximum Gasteiger partial charge on any atom is 0.261 e. The molecular weight excluding hydrogens is 402 g/mol. The highest BCUT2D eigenvalue weighted by atomic mass is 35.5. The number of aromatic nitrogens is 2. The summed E-state index contributed by atoms with van der Waals surface area (Å²) in [4.78, 5) is 29.1. The average Bonchev–Trinajstić information content (AvgIpc) is 2.73. The Morgan fingerprint density at radius 1 is 1.03 bits per heavy atom. The number of aryl methyl sites for hydroxylation is 1. The van der Waals surface area contributed by atoms with Gasteiger partial charge in [0.2, 0.25) is 5.91 Å². The molecule has 0 saturated heterocycles. The number of amides is 1. The van der Waals surface area contributed by atoms with Crippen molar-refractivity contribution in [2.24, 2.45) is 0 Å². The number of hydrogen-bond acceptors (Lipinski definition) is 4. The maximum absolute atomic E-state index is 12.6. The molecule has 0 fully saturated rings. The van der Waals surface area contributed by atoms with Crippen molar-refractivity contribution in [3.63, 3.8) is 0 Å². The molecule has 4 rings (SSSR count). The summed E-state index contributed by atoms with van der Waals surface area (Å²) in [6, 6.07) is 19.6. The van der Waals surface area contributed by atoms with Gasteiger partial charge in [-0.3, -0.25) is 14.2 Å². The second-order valence-electron chi connectivity index (χ2n) is 6.83. The number of carbonyl (C=O) groups excluding carboxylic acids is 1. The summed E-state index contributed by atoms with van der Waals surface area (Å²) in [7, 11) is 0. The standard InChI is InChI=1S/C23H18ClN3O3/c1-15-2-7-18(8-3-15)30-19-9-5-17(6-10-19)26-22(28)13-27-14-25-21-12-16(24)4-11-20(21)23(27)29/h2-12,14H,13H2,1H3,(H,26,28). The Labute approximate surface area is 177 Å². The number of fused-ring (bicyclic) bond motifs is 1. The normalized spacial score (nSPS) is 10.7. The lowest BCUT2D eigenvalue weighted by Gasteiger charge is -2.10. The van der Waals surface area contributed by atoms with Crippen molar-refractivity contribution in [1.82, 2.24) is 9.55 Å². The first-order valence-electron chi connectivity index (χ1n) is 9.27. The summed E-state index contributed by atoms with van der Waals surface area (Å²) in [5, 5.41) is 3.68. The summed E-state index contributed by atoms with van der Waals surface area (Å²) >= 11 is 5.93. The zero-order chi connectivity index (χ0) is 21.1. The molecule has 0 spiro atoms. The van der Waals surface area contributed by atoms with Crippen LogP contribution in [0.1, 0.15) is 5.56 Å². The number of carbonyl (C=O) groups is 1. The van der Waals surface area contributed by atoms with Gasteiger partial charge in [-0.15, -0.1) is 0 Å². The predicted molar refractivity (Wildman–Crippen MR) is 117 cm³/mol. The van der Waals surface area contributed by atoms with Crippen molar-refractivity contribution in [3.05, 3.63) is 94.0 Å². The molecule has 0 bridgehead atoms. The van der Waals surface area contributed by atoms with Gasteiger partial charge in [-0.05, 0) is 61.5 Å². The molecule has 7 heteroatoms. The summed E-state index contributed by atoms with van der Waals surface area (Å²) in [6.45, 7) is 1.87. The first kappa shape index (κ1) is 19.7.